The van der Waals surface area contributed by atoms with E-state index in [1.165, 1.54) is 0 Å². The quantitative estimate of drug-likeness (QED) is 0.525. The first kappa shape index (κ1) is 17.3. The molecule has 25 heavy (non-hydrogen) atoms. The number of nitrogens with zero attached hydrogens (tertiary/aromatic N) is 2. The highest BCUT2D eigenvalue weighted by Gasteiger charge is 2.09. The van der Waals surface area contributed by atoms with Gasteiger partial charge in [0.2, 0.25) is 0 Å². The van der Waals surface area contributed by atoms with Crippen LogP contribution in [0.5, 0.6) is 5.75 Å². The topological polar surface area (TPSA) is 26.5 Å². The summed E-state index contributed by atoms with van der Waals surface area (Å²) in [6.45, 7) is 6.85. The fourth-order valence-corrected chi connectivity index (χ4v) is 3.06. The SMILES string of the molecule is CCOc1ccc(-n2c(C)cc(C=Nc3cccc(Cl)c3)c2C)cc1. The number of hydrogen-bond acceptors (Lipinski definition) is 2. The van der Waals surface area contributed by atoms with E-state index in [0.29, 0.717) is 11.6 Å². The van der Waals surface area contributed by atoms with Gasteiger partial charge in [0.1, 0.15) is 5.75 Å². The maximum absolute atomic E-state index is 6.01. The normalized spacial score (nSPS) is 11.2. The molecule has 0 unspecified atom stereocenters. The van der Waals surface area contributed by atoms with Gasteiger partial charge in [-0.15, -0.1) is 0 Å². The van der Waals surface area contributed by atoms with Crippen LogP contribution in [0, 0.1) is 13.8 Å². The molecule has 0 aliphatic carbocycles. The number of aliphatic imine (C=N–C) groups is 1. The zero-order valence-corrected chi connectivity index (χ0v) is 15.4. The molecule has 0 fully saturated rings. The van der Waals surface area contributed by atoms with Crippen LogP contribution in [0.3, 0.4) is 0 Å². The average Bonchev–Trinajstić information content (AvgIpc) is 2.88. The van der Waals surface area contributed by atoms with Gasteiger partial charge in [-0.1, -0.05) is 17.7 Å². The largest absolute Gasteiger partial charge is 0.494 e. The summed E-state index contributed by atoms with van der Waals surface area (Å²) in [7, 11) is 0. The molecule has 0 saturated heterocycles. The number of ether oxygens (including phenoxy) is 1. The highest BCUT2D eigenvalue weighted by atomic mass is 35.5. The second-order valence-electron chi connectivity index (χ2n) is 5.83. The summed E-state index contributed by atoms with van der Waals surface area (Å²) in [5.41, 5.74) is 5.35. The Morgan fingerprint density at radius 1 is 1.08 bits per heavy atom. The van der Waals surface area contributed by atoms with Gasteiger partial charge in [-0.3, -0.25) is 4.99 Å². The summed E-state index contributed by atoms with van der Waals surface area (Å²) >= 11 is 6.01. The third kappa shape index (κ3) is 3.94. The molecule has 0 amide bonds. The van der Waals surface area contributed by atoms with Crippen molar-refractivity contribution in [1.82, 2.24) is 4.57 Å². The molecule has 2 aromatic carbocycles. The van der Waals surface area contributed by atoms with Crippen molar-refractivity contribution in [2.24, 2.45) is 4.99 Å². The molecule has 0 aliphatic heterocycles. The number of aryl methyl sites for hydroxylation is 1. The fourth-order valence-electron chi connectivity index (χ4n) is 2.87. The van der Waals surface area contributed by atoms with Crippen LogP contribution in [-0.4, -0.2) is 17.4 Å². The Labute approximate surface area is 153 Å². The van der Waals surface area contributed by atoms with Gasteiger partial charge < -0.3 is 9.30 Å². The van der Waals surface area contributed by atoms with Crippen LogP contribution in [0.2, 0.25) is 5.02 Å². The van der Waals surface area contributed by atoms with Crippen molar-refractivity contribution in [1.29, 1.82) is 0 Å². The van der Waals surface area contributed by atoms with Crippen LogP contribution in [0.4, 0.5) is 5.69 Å². The Morgan fingerprint density at radius 2 is 1.84 bits per heavy atom. The second kappa shape index (κ2) is 7.58. The van der Waals surface area contributed by atoms with E-state index in [2.05, 4.69) is 41.6 Å². The van der Waals surface area contributed by atoms with E-state index in [-0.39, 0.29) is 0 Å². The predicted octanol–water partition coefficient (Wildman–Crippen LogP) is 5.90. The minimum Gasteiger partial charge on any atom is -0.494 e. The summed E-state index contributed by atoms with van der Waals surface area (Å²) in [5.74, 6) is 0.886. The lowest BCUT2D eigenvalue weighted by molar-refractivity contribution is 0.340. The molecule has 3 rings (SSSR count). The first-order valence-electron chi connectivity index (χ1n) is 8.30. The van der Waals surface area contributed by atoms with Gasteiger partial charge in [0.25, 0.3) is 0 Å². The van der Waals surface area contributed by atoms with Crippen molar-refractivity contribution in [3.63, 3.8) is 0 Å². The molecule has 1 heterocycles. The zero-order valence-electron chi connectivity index (χ0n) is 14.7. The van der Waals surface area contributed by atoms with Crippen LogP contribution in [0.15, 0.2) is 59.6 Å². The summed E-state index contributed by atoms with van der Waals surface area (Å²) in [5, 5.41) is 0.689. The number of halogens is 1. The molecule has 0 bridgehead atoms. The van der Waals surface area contributed by atoms with Crippen LogP contribution in [-0.2, 0) is 0 Å². The first-order valence-corrected chi connectivity index (χ1v) is 8.68. The highest BCUT2D eigenvalue weighted by molar-refractivity contribution is 6.30. The van der Waals surface area contributed by atoms with Crippen molar-refractivity contribution in [2.45, 2.75) is 20.8 Å². The third-order valence-corrected chi connectivity index (χ3v) is 4.27. The van der Waals surface area contributed by atoms with Gasteiger partial charge in [-0.05, 0) is 69.3 Å². The lowest BCUT2D eigenvalue weighted by Gasteiger charge is -2.10. The standard InChI is InChI=1S/C21H21ClN2O/c1-4-25-21-10-8-20(9-11-21)24-15(2)12-17(16(24)3)14-23-19-7-5-6-18(22)13-19/h5-14H,4H2,1-3H3. The smallest absolute Gasteiger partial charge is 0.119 e. The van der Waals surface area contributed by atoms with Crippen LogP contribution in [0.25, 0.3) is 5.69 Å². The average molecular weight is 353 g/mol. The van der Waals surface area contributed by atoms with E-state index in [1.54, 1.807) is 0 Å². The van der Waals surface area contributed by atoms with Gasteiger partial charge in [-0.25, -0.2) is 0 Å². The van der Waals surface area contributed by atoms with Crippen LogP contribution >= 0.6 is 11.6 Å². The lowest BCUT2D eigenvalue weighted by Crippen LogP contribution is -2.00. The van der Waals surface area contributed by atoms with E-state index in [1.807, 2.05) is 49.5 Å². The molecule has 0 aliphatic rings. The zero-order chi connectivity index (χ0) is 17.8. The second-order valence-corrected chi connectivity index (χ2v) is 6.26. The molecule has 1 aromatic heterocycles. The number of benzene rings is 2. The van der Waals surface area contributed by atoms with Gasteiger partial charge in [0.05, 0.1) is 12.3 Å². The molecular weight excluding hydrogens is 332 g/mol. The maximum atomic E-state index is 6.01. The van der Waals surface area contributed by atoms with Gasteiger partial charge in [0, 0.05) is 33.9 Å². The minimum absolute atomic E-state index is 0.672. The van der Waals surface area contributed by atoms with Crippen LogP contribution < -0.4 is 4.74 Å². The Bertz CT molecular complexity index is 895. The van der Waals surface area contributed by atoms with E-state index < -0.39 is 0 Å². The Kier molecular flexibility index (Phi) is 5.25. The number of hydrogen-bond donors (Lipinski definition) is 0. The summed E-state index contributed by atoms with van der Waals surface area (Å²) in [4.78, 5) is 4.54. The van der Waals surface area contributed by atoms with E-state index in [9.17, 15) is 0 Å². The minimum atomic E-state index is 0.672. The predicted molar refractivity (Wildman–Crippen MR) is 105 cm³/mol. The molecule has 128 valence electrons. The summed E-state index contributed by atoms with van der Waals surface area (Å²) < 4.78 is 7.74. The molecule has 4 heteroatoms. The molecule has 0 spiro atoms. The molecule has 3 nitrogen and oxygen atoms in total. The summed E-state index contributed by atoms with van der Waals surface area (Å²) in [6, 6.07) is 17.8. The van der Waals surface area contributed by atoms with E-state index in [0.717, 1.165) is 34.1 Å². The molecule has 0 radical (unpaired) electrons. The van der Waals surface area contributed by atoms with Gasteiger partial charge >= 0.3 is 0 Å². The van der Waals surface area contributed by atoms with Crippen LogP contribution in [0.1, 0.15) is 23.9 Å². The molecule has 3 aromatic rings. The van der Waals surface area contributed by atoms with E-state index >= 15 is 0 Å². The summed E-state index contributed by atoms with van der Waals surface area (Å²) in [6.07, 6.45) is 1.89. The first-order chi connectivity index (χ1) is 12.1. The molecular formula is C21H21ClN2O. The van der Waals surface area contributed by atoms with E-state index in [4.69, 9.17) is 16.3 Å². The molecule has 0 atom stereocenters. The van der Waals surface area contributed by atoms with Crippen molar-refractivity contribution in [3.05, 3.63) is 76.6 Å². The van der Waals surface area contributed by atoms with Gasteiger partial charge in [0.15, 0.2) is 0 Å². The maximum Gasteiger partial charge on any atom is 0.119 e. The third-order valence-electron chi connectivity index (χ3n) is 4.04. The fraction of sp³-hybridized carbons (Fsp3) is 0.190. The lowest BCUT2D eigenvalue weighted by atomic mass is 10.2. The van der Waals surface area contributed by atoms with Gasteiger partial charge in [-0.2, -0.15) is 0 Å². The van der Waals surface area contributed by atoms with Crippen molar-refractivity contribution in [3.8, 4) is 11.4 Å². The Morgan fingerprint density at radius 3 is 2.52 bits per heavy atom. The monoisotopic (exact) mass is 352 g/mol. The number of rotatable bonds is 5. The Balaban J connectivity index is 1.90. The van der Waals surface area contributed by atoms with Crippen molar-refractivity contribution >= 4 is 23.5 Å². The van der Waals surface area contributed by atoms with Crippen molar-refractivity contribution < 1.29 is 4.74 Å². The molecule has 0 N–H and O–H groups in total. The highest BCUT2D eigenvalue weighted by Crippen LogP contribution is 2.23. The Hall–Kier alpha value is -2.52. The van der Waals surface area contributed by atoms with Crippen molar-refractivity contribution in [2.75, 3.05) is 6.61 Å². The number of aromatic nitrogens is 1. The molecule has 0 saturated carbocycles.